The molecular weight excluding hydrogens is 416 g/mol. The van der Waals surface area contributed by atoms with Crippen molar-refractivity contribution in [2.45, 2.75) is 194 Å². The predicted molar refractivity (Wildman–Crippen MR) is 158 cm³/mol. The van der Waals surface area contributed by atoms with Gasteiger partial charge in [0, 0.05) is 0 Å². The maximum Gasteiger partial charge on any atom is -0.00675 e. The first-order valence-corrected chi connectivity index (χ1v) is 17.1. The summed E-state index contributed by atoms with van der Waals surface area (Å²) in [6.07, 6.45) is 41.2. The van der Waals surface area contributed by atoms with E-state index in [1.54, 1.807) is 0 Å². The third-order valence-corrected chi connectivity index (χ3v) is 8.44. The largest absolute Gasteiger partial charge is 0.162 e. The summed E-state index contributed by atoms with van der Waals surface area (Å²) in [7, 11) is 0. The lowest BCUT2D eigenvalue weighted by Crippen LogP contribution is -1.87. The first-order chi connectivity index (χ1) is 16.4. The molecule has 0 atom stereocenters. The highest BCUT2D eigenvalue weighted by molar-refractivity contribution is 7.99. The molecule has 0 aliphatic rings. The van der Waals surface area contributed by atoms with Crippen molar-refractivity contribution in [3.05, 3.63) is 0 Å². The normalized spacial score (nSPS) is 11.5. The van der Waals surface area contributed by atoms with Crippen LogP contribution in [0.1, 0.15) is 194 Å². The number of hydrogen-bond donors (Lipinski definition) is 0. The Balaban J connectivity index is 2.99. The van der Waals surface area contributed by atoms with E-state index in [4.69, 9.17) is 0 Å². The van der Waals surface area contributed by atoms with Gasteiger partial charge in [-0.15, -0.1) is 0 Å². The van der Waals surface area contributed by atoms with E-state index in [0.29, 0.717) is 0 Å². The quantitative estimate of drug-likeness (QED) is 0.0917. The van der Waals surface area contributed by atoms with Gasteiger partial charge in [-0.2, -0.15) is 11.8 Å². The first kappa shape index (κ1) is 33.4. The molecule has 0 N–H and O–H groups in total. The molecule has 0 spiro atoms. The van der Waals surface area contributed by atoms with Gasteiger partial charge >= 0.3 is 0 Å². The van der Waals surface area contributed by atoms with E-state index in [0.717, 1.165) is 0 Å². The molecule has 0 unspecified atom stereocenters. The summed E-state index contributed by atoms with van der Waals surface area (Å²) in [6, 6.07) is 0. The zero-order chi connectivity index (χ0) is 23.9. The molecule has 1 heteroatoms. The lowest BCUT2D eigenvalue weighted by atomic mass is 10.0. The van der Waals surface area contributed by atoms with Crippen LogP contribution in [0.2, 0.25) is 0 Å². The van der Waals surface area contributed by atoms with Gasteiger partial charge in [-0.3, -0.25) is 0 Å². The van der Waals surface area contributed by atoms with Crippen LogP contribution in [-0.4, -0.2) is 11.5 Å². The van der Waals surface area contributed by atoms with Crippen molar-refractivity contribution in [2.24, 2.45) is 0 Å². The molecule has 0 aliphatic heterocycles. The standard InChI is InChI=1S/C32H66S/c1-3-5-7-9-11-12-13-14-15-16-17-18-19-20-21-22-23-24-25-26-28-30-32-33-31-29-27-10-8-6-4-2/h3-32H2,1-2H3. The van der Waals surface area contributed by atoms with Gasteiger partial charge in [0.05, 0.1) is 0 Å². The molecule has 0 saturated carbocycles. The van der Waals surface area contributed by atoms with Crippen molar-refractivity contribution in [1.29, 1.82) is 0 Å². The van der Waals surface area contributed by atoms with E-state index in [2.05, 4.69) is 25.6 Å². The molecule has 0 rings (SSSR count). The average molecular weight is 483 g/mol. The average Bonchev–Trinajstić information content (AvgIpc) is 2.83. The zero-order valence-corrected chi connectivity index (χ0v) is 24.4. The molecule has 0 bridgehead atoms. The van der Waals surface area contributed by atoms with Crippen LogP contribution in [-0.2, 0) is 0 Å². The van der Waals surface area contributed by atoms with Crippen LogP contribution in [0.5, 0.6) is 0 Å². The van der Waals surface area contributed by atoms with E-state index in [9.17, 15) is 0 Å². The van der Waals surface area contributed by atoms with Gasteiger partial charge in [-0.25, -0.2) is 0 Å². The fraction of sp³-hybridized carbons (Fsp3) is 1.00. The molecule has 0 radical (unpaired) electrons. The Kier molecular flexibility index (Phi) is 32.7. The van der Waals surface area contributed by atoms with Gasteiger partial charge in [0.1, 0.15) is 0 Å². The summed E-state index contributed by atoms with van der Waals surface area (Å²) in [4.78, 5) is 0. The van der Waals surface area contributed by atoms with E-state index in [1.807, 2.05) is 0 Å². The second-order valence-corrected chi connectivity index (χ2v) is 12.0. The predicted octanol–water partition coefficient (Wildman–Crippen LogP) is 12.7. The van der Waals surface area contributed by atoms with Crippen LogP contribution >= 0.6 is 11.8 Å². The Bertz CT molecular complexity index is 284. The van der Waals surface area contributed by atoms with Crippen LogP contribution in [0.15, 0.2) is 0 Å². The molecule has 0 aromatic rings. The fourth-order valence-corrected chi connectivity index (χ4v) is 5.92. The number of hydrogen-bond acceptors (Lipinski definition) is 1. The Morgan fingerprint density at radius 3 is 0.636 bits per heavy atom. The van der Waals surface area contributed by atoms with E-state index in [1.165, 1.54) is 191 Å². The molecule has 0 aromatic heterocycles. The van der Waals surface area contributed by atoms with Crippen LogP contribution in [0.25, 0.3) is 0 Å². The minimum atomic E-state index is 1.37. The van der Waals surface area contributed by atoms with Gasteiger partial charge in [-0.05, 0) is 24.3 Å². The summed E-state index contributed by atoms with van der Waals surface area (Å²) in [5.41, 5.74) is 0. The molecular formula is C32H66S. The summed E-state index contributed by atoms with van der Waals surface area (Å²) in [5, 5.41) is 0. The van der Waals surface area contributed by atoms with E-state index in [-0.39, 0.29) is 0 Å². The highest BCUT2D eigenvalue weighted by atomic mass is 32.2. The second kappa shape index (κ2) is 32.4. The Hall–Kier alpha value is 0.350. The molecule has 33 heavy (non-hydrogen) atoms. The number of thioether (sulfide) groups is 1. The highest BCUT2D eigenvalue weighted by Gasteiger charge is 1.96. The summed E-state index contributed by atoms with van der Waals surface area (Å²) in [5.74, 6) is 2.82. The fourth-order valence-electron chi connectivity index (χ4n) is 4.90. The Morgan fingerprint density at radius 2 is 0.424 bits per heavy atom. The summed E-state index contributed by atoms with van der Waals surface area (Å²) < 4.78 is 0. The molecule has 200 valence electrons. The molecule has 0 saturated heterocycles. The van der Waals surface area contributed by atoms with Crippen molar-refractivity contribution >= 4 is 11.8 Å². The smallest absolute Gasteiger partial charge is 0.00675 e. The zero-order valence-electron chi connectivity index (χ0n) is 23.6. The molecule has 0 nitrogen and oxygen atoms in total. The monoisotopic (exact) mass is 482 g/mol. The van der Waals surface area contributed by atoms with Crippen LogP contribution in [0.3, 0.4) is 0 Å². The van der Waals surface area contributed by atoms with Crippen molar-refractivity contribution in [3.8, 4) is 0 Å². The third kappa shape index (κ3) is 32.4. The number of rotatable bonds is 30. The van der Waals surface area contributed by atoms with Gasteiger partial charge in [-0.1, -0.05) is 181 Å². The molecule has 0 amide bonds. The van der Waals surface area contributed by atoms with Gasteiger partial charge in [0.2, 0.25) is 0 Å². The van der Waals surface area contributed by atoms with Gasteiger partial charge < -0.3 is 0 Å². The Morgan fingerprint density at radius 1 is 0.242 bits per heavy atom. The molecule has 0 heterocycles. The second-order valence-electron chi connectivity index (χ2n) is 10.8. The lowest BCUT2D eigenvalue weighted by Gasteiger charge is -2.04. The highest BCUT2D eigenvalue weighted by Crippen LogP contribution is 2.16. The maximum atomic E-state index is 2.31. The van der Waals surface area contributed by atoms with Crippen LogP contribution < -0.4 is 0 Å². The lowest BCUT2D eigenvalue weighted by molar-refractivity contribution is 0.520. The van der Waals surface area contributed by atoms with Crippen molar-refractivity contribution in [1.82, 2.24) is 0 Å². The Labute approximate surface area is 216 Å². The van der Waals surface area contributed by atoms with E-state index < -0.39 is 0 Å². The van der Waals surface area contributed by atoms with Gasteiger partial charge in [0.15, 0.2) is 0 Å². The summed E-state index contributed by atoms with van der Waals surface area (Å²) >= 11 is 2.21. The minimum Gasteiger partial charge on any atom is -0.162 e. The van der Waals surface area contributed by atoms with Gasteiger partial charge in [0.25, 0.3) is 0 Å². The van der Waals surface area contributed by atoms with Crippen molar-refractivity contribution in [3.63, 3.8) is 0 Å². The maximum absolute atomic E-state index is 2.31. The number of unbranched alkanes of at least 4 members (excludes halogenated alkanes) is 26. The molecule has 0 fully saturated rings. The van der Waals surface area contributed by atoms with Crippen molar-refractivity contribution in [2.75, 3.05) is 11.5 Å². The van der Waals surface area contributed by atoms with Crippen LogP contribution in [0.4, 0.5) is 0 Å². The molecule has 0 aliphatic carbocycles. The minimum absolute atomic E-state index is 1.37. The SMILES string of the molecule is CCCCCCCCCCCCCCCCCCCCCCCCSCCCCCCCC. The topological polar surface area (TPSA) is 0 Å². The van der Waals surface area contributed by atoms with E-state index >= 15 is 0 Å². The summed E-state index contributed by atoms with van der Waals surface area (Å²) in [6.45, 7) is 4.61. The van der Waals surface area contributed by atoms with Crippen molar-refractivity contribution < 1.29 is 0 Å². The molecule has 0 aromatic carbocycles. The van der Waals surface area contributed by atoms with Crippen LogP contribution in [0, 0.1) is 0 Å². The third-order valence-electron chi connectivity index (χ3n) is 7.28. The first-order valence-electron chi connectivity index (χ1n) is 16.0.